The molecule has 2 aliphatic rings. The van der Waals surface area contributed by atoms with Crippen molar-refractivity contribution in [1.82, 2.24) is 5.32 Å². The Morgan fingerprint density at radius 2 is 1.63 bits per heavy atom. The molecule has 0 aromatic heterocycles. The van der Waals surface area contributed by atoms with Crippen LogP contribution >= 0.6 is 0 Å². The molecule has 10 atom stereocenters. The molecule has 0 saturated carbocycles. The zero-order chi connectivity index (χ0) is 20.3. The normalized spacial score (nSPS) is 45.5. The SMILES string of the molecule is CC(=O)N[C@@H]1[C@@H](O)[C@H](O[C@H]2O[C@H](CCO)[C@H](O)[C@@H](O)[C@@H]2O)[C@@H](CO)O[C@H]1O. The molecule has 0 aromatic rings. The first-order valence-corrected chi connectivity index (χ1v) is 8.56. The average Bonchev–Trinajstić information content (AvgIpc) is 2.62. The van der Waals surface area contributed by atoms with Crippen molar-refractivity contribution >= 4 is 5.91 Å². The van der Waals surface area contributed by atoms with Crippen molar-refractivity contribution in [2.45, 2.75) is 74.7 Å². The van der Waals surface area contributed by atoms with Gasteiger partial charge in [0, 0.05) is 13.5 Å². The van der Waals surface area contributed by atoms with E-state index in [2.05, 4.69) is 5.32 Å². The van der Waals surface area contributed by atoms with Crippen LogP contribution in [0.1, 0.15) is 13.3 Å². The first-order valence-electron chi connectivity index (χ1n) is 8.56. The number of ether oxygens (including phenoxy) is 3. The Morgan fingerprint density at radius 1 is 0.963 bits per heavy atom. The molecule has 8 N–H and O–H groups in total. The number of aliphatic hydroxyl groups excluding tert-OH is 7. The van der Waals surface area contributed by atoms with Crippen LogP contribution in [0, 0.1) is 0 Å². The molecule has 158 valence electrons. The van der Waals surface area contributed by atoms with E-state index in [-0.39, 0.29) is 13.0 Å². The smallest absolute Gasteiger partial charge is 0.217 e. The van der Waals surface area contributed by atoms with Crippen LogP contribution in [-0.2, 0) is 19.0 Å². The van der Waals surface area contributed by atoms with Gasteiger partial charge in [0.1, 0.15) is 42.7 Å². The molecule has 0 unspecified atom stereocenters. The second-order valence-electron chi connectivity index (χ2n) is 6.59. The van der Waals surface area contributed by atoms with E-state index in [1.54, 1.807) is 0 Å². The van der Waals surface area contributed by atoms with E-state index in [1.165, 1.54) is 6.92 Å². The molecule has 0 spiro atoms. The first kappa shape index (κ1) is 22.4. The maximum absolute atomic E-state index is 11.3. The van der Waals surface area contributed by atoms with Crippen molar-refractivity contribution in [2.24, 2.45) is 0 Å². The van der Waals surface area contributed by atoms with E-state index in [0.717, 1.165) is 0 Å². The molecule has 27 heavy (non-hydrogen) atoms. The third-order valence-corrected chi connectivity index (χ3v) is 4.62. The highest BCUT2D eigenvalue weighted by Crippen LogP contribution is 2.29. The highest BCUT2D eigenvalue weighted by molar-refractivity contribution is 5.73. The number of carbonyl (C=O) groups excluding carboxylic acids is 1. The quantitative estimate of drug-likeness (QED) is 0.214. The number of amides is 1. The lowest BCUT2D eigenvalue weighted by atomic mass is 9.95. The zero-order valence-electron chi connectivity index (χ0n) is 14.7. The van der Waals surface area contributed by atoms with Gasteiger partial charge in [0.25, 0.3) is 0 Å². The molecule has 2 aliphatic heterocycles. The van der Waals surface area contributed by atoms with Gasteiger partial charge in [-0.25, -0.2) is 0 Å². The van der Waals surface area contributed by atoms with E-state index in [1.807, 2.05) is 0 Å². The van der Waals surface area contributed by atoms with Crippen molar-refractivity contribution in [3.8, 4) is 0 Å². The second kappa shape index (κ2) is 9.52. The standard InChI is InChI=1S/C15H27NO11/c1-5(19)16-8-10(21)13(7(4-18)25-14(8)24)27-15-12(23)11(22)9(20)6(26-15)2-3-17/h6-15,17-18,20-24H,2-4H2,1H3,(H,16,19)/t6-,7-,8-,9+,10-,11-,12+,13-,14-,15-/m1/s1. The zero-order valence-corrected chi connectivity index (χ0v) is 14.7. The molecule has 0 aliphatic carbocycles. The summed E-state index contributed by atoms with van der Waals surface area (Å²) >= 11 is 0. The number of hydrogen-bond acceptors (Lipinski definition) is 11. The molecule has 2 saturated heterocycles. The lowest BCUT2D eigenvalue weighted by Gasteiger charge is -2.46. The molecule has 2 heterocycles. The van der Waals surface area contributed by atoms with Crippen LogP contribution in [0.25, 0.3) is 0 Å². The van der Waals surface area contributed by atoms with Crippen LogP contribution in [-0.4, -0.2) is 116 Å². The van der Waals surface area contributed by atoms with Crippen LogP contribution in [0.5, 0.6) is 0 Å². The number of rotatable bonds is 6. The predicted molar refractivity (Wildman–Crippen MR) is 84.8 cm³/mol. The van der Waals surface area contributed by atoms with Crippen molar-refractivity contribution < 1.29 is 54.8 Å². The lowest BCUT2D eigenvalue weighted by Crippen LogP contribution is -2.67. The van der Waals surface area contributed by atoms with Crippen molar-refractivity contribution in [2.75, 3.05) is 13.2 Å². The number of aliphatic hydroxyl groups is 7. The summed E-state index contributed by atoms with van der Waals surface area (Å²) < 4.78 is 16.0. The fourth-order valence-electron chi connectivity index (χ4n) is 3.19. The van der Waals surface area contributed by atoms with Gasteiger partial charge in [-0.05, 0) is 6.42 Å². The number of nitrogens with one attached hydrogen (secondary N) is 1. The summed E-state index contributed by atoms with van der Waals surface area (Å²) in [5.74, 6) is -0.557. The van der Waals surface area contributed by atoms with Crippen LogP contribution in [0.15, 0.2) is 0 Å². The summed E-state index contributed by atoms with van der Waals surface area (Å²) in [4.78, 5) is 11.3. The predicted octanol–water partition coefficient (Wildman–Crippen LogP) is -4.86. The van der Waals surface area contributed by atoms with Gasteiger partial charge in [-0.15, -0.1) is 0 Å². The van der Waals surface area contributed by atoms with E-state index in [0.29, 0.717) is 0 Å². The van der Waals surface area contributed by atoms with Gasteiger partial charge < -0.3 is 55.3 Å². The summed E-state index contributed by atoms with van der Waals surface area (Å²) in [6.07, 6.45) is -13.2. The third kappa shape index (κ3) is 4.92. The van der Waals surface area contributed by atoms with Crippen LogP contribution < -0.4 is 5.32 Å². The molecular formula is C15H27NO11. The Morgan fingerprint density at radius 3 is 2.19 bits per heavy atom. The van der Waals surface area contributed by atoms with Crippen LogP contribution in [0.3, 0.4) is 0 Å². The van der Waals surface area contributed by atoms with E-state index in [9.17, 15) is 35.4 Å². The molecule has 2 rings (SSSR count). The van der Waals surface area contributed by atoms with Crippen molar-refractivity contribution in [1.29, 1.82) is 0 Å². The minimum absolute atomic E-state index is 0.0504. The van der Waals surface area contributed by atoms with Gasteiger partial charge in [0.15, 0.2) is 12.6 Å². The van der Waals surface area contributed by atoms with E-state index >= 15 is 0 Å². The molecular weight excluding hydrogens is 370 g/mol. The number of carbonyl (C=O) groups is 1. The molecule has 0 bridgehead atoms. The Balaban J connectivity index is 2.16. The fourth-order valence-corrected chi connectivity index (χ4v) is 3.19. The van der Waals surface area contributed by atoms with Gasteiger partial charge in [-0.2, -0.15) is 0 Å². The maximum Gasteiger partial charge on any atom is 0.217 e. The van der Waals surface area contributed by atoms with Crippen molar-refractivity contribution in [3.05, 3.63) is 0 Å². The molecule has 12 nitrogen and oxygen atoms in total. The molecule has 0 radical (unpaired) electrons. The van der Waals surface area contributed by atoms with Gasteiger partial charge in [0.05, 0.1) is 12.7 Å². The molecule has 0 aromatic carbocycles. The van der Waals surface area contributed by atoms with Crippen LogP contribution in [0.4, 0.5) is 0 Å². The molecule has 12 heteroatoms. The fraction of sp³-hybridized carbons (Fsp3) is 0.933. The third-order valence-electron chi connectivity index (χ3n) is 4.62. The summed E-state index contributed by atoms with van der Waals surface area (Å²) in [5.41, 5.74) is 0. The largest absolute Gasteiger partial charge is 0.396 e. The van der Waals surface area contributed by atoms with Gasteiger partial charge in [0.2, 0.25) is 5.91 Å². The summed E-state index contributed by atoms with van der Waals surface area (Å²) in [6, 6.07) is -1.28. The monoisotopic (exact) mass is 397 g/mol. The average molecular weight is 397 g/mol. The Bertz CT molecular complexity index is 494. The maximum atomic E-state index is 11.3. The highest BCUT2D eigenvalue weighted by Gasteiger charge is 2.50. The van der Waals surface area contributed by atoms with Gasteiger partial charge in [-0.1, -0.05) is 0 Å². The second-order valence-corrected chi connectivity index (χ2v) is 6.59. The highest BCUT2D eigenvalue weighted by atomic mass is 16.7. The molecule has 1 amide bonds. The van der Waals surface area contributed by atoms with Gasteiger partial charge in [-0.3, -0.25) is 4.79 Å². The first-order chi connectivity index (χ1) is 12.7. The van der Waals surface area contributed by atoms with E-state index in [4.69, 9.17) is 19.3 Å². The molecule has 2 fully saturated rings. The Labute approximate surface area is 154 Å². The Hall–Kier alpha value is -0.930. The Kier molecular flexibility index (Phi) is 7.88. The topological polar surface area (TPSA) is 198 Å². The summed E-state index contributed by atoms with van der Waals surface area (Å²) in [5, 5.41) is 71.1. The summed E-state index contributed by atoms with van der Waals surface area (Å²) in [7, 11) is 0. The van der Waals surface area contributed by atoms with Crippen molar-refractivity contribution in [3.63, 3.8) is 0 Å². The minimum atomic E-state index is -1.70. The van der Waals surface area contributed by atoms with E-state index < -0.39 is 73.9 Å². The lowest BCUT2D eigenvalue weighted by molar-refractivity contribution is -0.344. The van der Waals surface area contributed by atoms with Crippen LogP contribution in [0.2, 0.25) is 0 Å². The number of hydrogen-bond donors (Lipinski definition) is 8. The van der Waals surface area contributed by atoms with Gasteiger partial charge >= 0.3 is 0 Å². The minimum Gasteiger partial charge on any atom is -0.396 e. The summed E-state index contributed by atoms with van der Waals surface area (Å²) in [6.45, 7) is 0.140.